The summed E-state index contributed by atoms with van der Waals surface area (Å²) >= 11 is 0. The van der Waals surface area contributed by atoms with E-state index in [-0.39, 0.29) is 24.2 Å². The SMILES string of the molecule is CC(C)C(NC(=O)NCc1ccccc1)C(=O)NCc1cccc(F)c1. The maximum Gasteiger partial charge on any atom is 0.315 e. The Bertz CT molecular complexity index is 735. The molecule has 1 unspecified atom stereocenters. The summed E-state index contributed by atoms with van der Waals surface area (Å²) in [5, 5.41) is 8.18. The molecule has 2 aromatic rings. The van der Waals surface area contributed by atoms with E-state index in [4.69, 9.17) is 0 Å². The second kappa shape index (κ2) is 9.56. The van der Waals surface area contributed by atoms with Crippen LogP contribution in [-0.4, -0.2) is 18.0 Å². The van der Waals surface area contributed by atoms with Crippen LogP contribution in [0.5, 0.6) is 0 Å². The molecule has 5 nitrogen and oxygen atoms in total. The van der Waals surface area contributed by atoms with Crippen LogP contribution in [0.25, 0.3) is 0 Å². The Kier molecular flexibility index (Phi) is 7.14. The quantitative estimate of drug-likeness (QED) is 0.713. The fourth-order valence-electron chi connectivity index (χ4n) is 2.45. The first-order valence-corrected chi connectivity index (χ1v) is 8.56. The molecule has 0 aliphatic carbocycles. The molecule has 0 bridgehead atoms. The molecular weight excluding hydrogens is 333 g/mol. The first kappa shape index (κ1) is 19.4. The number of urea groups is 1. The fraction of sp³-hybridized carbons (Fsp3) is 0.300. The smallest absolute Gasteiger partial charge is 0.315 e. The zero-order valence-electron chi connectivity index (χ0n) is 15.0. The molecule has 0 spiro atoms. The van der Waals surface area contributed by atoms with Crippen LogP contribution >= 0.6 is 0 Å². The van der Waals surface area contributed by atoms with Crippen molar-refractivity contribution in [3.05, 3.63) is 71.5 Å². The molecule has 1 atom stereocenters. The van der Waals surface area contributed by atoms with E-state index in [1.807, 2.05) is 44.2 Å². The van der Waals surface area contributed by atoms with Gasteiger partial charge in [-0.25, -0.2) is 9.18 Å². The van der Waals surface area contributed by atoms with Crippen LogP contribution in [0.4, 0.5) is 9.18 Å². The van der Waals surface area contributed by atoms with Gasteiger partial charge in [0, 0.05) is 13.1 Å². The Morgan fingerprint density at radius 1 is 0.923 bits per heavy atom. The lowest BCUT2D eigenvalue weighted by Gasteiger charge is -2.22. The Hall–Kier alpha value is -2.89. The van der Waals surface area contributed by atoms with E-state index in [9.17, 15) is 14.0 Å². The van der Waals surface area contributed by atoms with Crippen molar-refractivity contribution in [3.8, 4) is 0 Å². The minimum Gasteiger partial charge on any atom is -0.350 e. The normalized spacial score (nSPS) is 11.7. The zero-order chi connectivity index (χ0) is 18.9. The highest BCUT2D eigenvalue weighted by Gasteiger charge is 2.23. The Balaban J connectivity index is 1.86. The van der Waals surface area contributed by atoms with Gasteiger partial charge in [0.25, 0.3) is 0 Å². The third-order valence-electron chi connectivity index (χ3n) is 3.89. The van der Waals surface area contributed by atoms with Gasteiger partial charge in [0.15, 0.2) is 0 Å². The van der Waals surface area contributed by atoms with Gasteiger partial charge in [0.2, 0.25) is 5.91 Å². The number of carbonyl (C=O) groups excluding carboxylic acids is 2. The standard InChI is InChI=1S/C20H24FN3O2/c1-14(2)18(19(25)22-13-16-9-6-10-17(21)11-16)24-20(26)23-12-15-7-4-3-5-8-15/h3-11,14,18H,12-13H2,1-2H3,(H,22,25)(H2,23,24,26). The number of hydrogen-bond donors (Lipinski definition) is 3. The van der Waals surface area contributed by atoms with E-state index >= 15 is 0 Å². The first-order valence-electron chi connectivity index (χ1n) is 8.56. The van der Waals surface area contributed by atoms with Crippen LogP contribution in [0.15, 0.2) is 54.6 Å². The summed E-state index contributed by atoms with van der Waals surface area (Å²) < 4.78 is 13.2. The largest absolute Gasteiger partial charge is 0.350 e. The molecule has 138 valence electrons. The Labute approximate surface area is 153 Å². The van der Waals surface area contributed by atoms with Gasteiger partial charge in [-0.2, -0.15) is 0 Å². The molecular formula is C20H24FN3O2. The molecule has 3 N–H and O–H groups in total. The minimum atomic E-state index is -0.681. The average Bonchev–Trinajstić information content (AvgIpc) is 2.63. The number of amides is 3. The van der Waals surface area contributed by atoms with Crippen molar-refractivity contribution >= 4 is 11.9 Å². The predicted molar refractivity (Wildman–Crippen MR) is 98.7 cm³/mol. The molecule has 26 heavy (non-hydrogen) atoms. The predicted octanol–water partition coefficient (Wildman–Crippen LogP) is 2.97. The number of nitrogens with one attached hydrogen (secondary N) is 3. The summed E-state index contributed by atoms with van der Waals surface area (Å²) in [6.07, 6.45) is 0. The van der Waals surface area contributed by atoms with Crippen molar-refractivity contribution in [2.45, 2.75) is 33.0 Å². The Morgan fingerprint density at radius 2 is 1.58 bits per heavy atom. The number of halogens is 1. The summed E-state index contributed by atoms with van der Waals surface area (Å²) in [6, 6.07) is 14.5. The van der Waals surface area contributed by atoms with E-state index in [1.165, 1.54) is 12.1 Å². The first-order chi connectivity index (χ1) is 12.5. The summed E-state index contributed by atoms with van der Waals surface area (Å²) in [6.45, 7) is 4.28. The zero-order valence-corrected chi connectivity index (χ0v) is 15.0. The third kappa shape index (κ3) is 6.20. The topological polar surface area (TPSA) is 70.2 Å². The van der Waals surface area contributed by atoms with Gasteiger partial charge in [-0.3, -0.25) is 4.79 Å². The molecule has 2 rings (SSSR count). The second-order valence-electron chi connectivity index (χ2n) is 6.38. The molecule has 0 fully saturated rings. The molecule has 0 heterocycles. The summed E-state index contributed by atoms with van der Waals surface area (Å²) in [5.74, 6) is -0.750. The lowest BCUT2D eigenvalue weighted by Crippen LogP contribution is -2.52. The number of rotatable bonds is 7. The van der Waals surface area contributed by atoms with Crippen molar-refractivity contribution in [2.75, 3.05) is 0 Å². The second-order valence-corrected chi connectivity index (χ2v) is 6.38. The maximum atomic E-state index is 13.2. The highest BCUT2D eigenvalue weighted by atomic mass is 19.1. The van der Waals surface area contributed by atoms with Crippen LogP contribution in [0.3, 0.4) is 0 Å². The molecule has 2 aromatic carbocycles. The summed E-state index contributed by atoms with van der Waals surface area (Å²) in [4.78, 5) is 24.5. The van der Waals surface area contributed by atoms with E-state index in [1.54, 1.807) is 12.1 Å². The average molecular weight is 357 g/mol. The monoisotopic (exact) mass is 357 g/mol. The van der Waals surface area contributed by atoms with Crippen LogP contribution in [0, 0.1) is 11.7 Å². The van der Waals surface area contributed by atoms with Crippen molar-refractivity contribution in [3.63, 3.8) is 0 Å². The van der Waals surface area contributed by atoms with Crippen molar-refractivity contribution in [1.82, 2.24) is 16.0 Å². The minimum absolute atomic E-state index is 0.0926. The van der Waals surface area contributed by atoms with Gasteiger partial charge >= 0.3 is 6.03 Å². The van der Waals surface area contributed by atoms with Gasteiger partial charge < -0.3 is 16.0 Å². The van der Waals surface area contributed by atoms with E-state index in [2.05, 4.69) is 16.0 Å². The van der Waals surface area contributed by atoms with Crippen molar-refractivity contribution < 1.29 is 14.0 Å². The molecule has 0 aliphatic rings. The lowest BCUT2D eigenvalue weighted by atomic mass is 10.0. The third-order valence-corrected chi connectivity index (χ3v) is 3.89. The molecule has 6 heteroatoms. The number of carbonyl (C=O) groups is 2. The van der Waals surface area contributed by atoms with Gasteiger partial charge in [0.1, 0.15) is 11.9 Å². The number of benzene rings is 2. The van der Waals surface area contributed by atoms with E-state index in [0.717, 1.165) is 5.56 Å². The maximum absolute atomic E-state index is 13.2. The van der Waals surface area contributed by atoms with Gasteiger partial charge in [0.05, 0.1) is 0 Å². The van der Waals surface area contributed by atoms with Crippen LogP contribution in [-0.2, 0) is 17.9 Å². The van der Waals surface area contributed by atoms with E-state index < -0.39 is 12.1 Å². The van der Waals surface area contributed by atoms with E-state index in [0.29, 0.717) is 12.1 Å². The molecule has 3 amide bonds. The summed E-state index contributed by atoms with van der Waals surface area (Å²) in [5.41, 5.74) is 1.63. The van der Waals surface area contributed by atoms with Gasteiger partial charge in [-0.05, 0) is 29.2 Å². The summed E-state index contributed by atoms with van der Waals surface area (Å²) in [7, 11) is 0. The fourth-order valence-corrected chi connectivity index (χ4v) is 2.45. The highest BCUT2D eigenvalue weighted by molar-refractivity contribution is 5.87. The molecule has 0 aromatic heterocycles. The lowest BCUT2D eigenvalue weighted by molar-refractivity contribution is -0.124. The molecule has 0 saturated heterocycles. The van der Waals surface area contributed by atoms with Crippen LogP contribution in [0.1, 0.15) is 25.0 Å². The van der Waals surface area contributed by atoms with Crippen LogP contribution < -0.4 is 16.0 Å². The number of hydrogen-bond acceptors (Lipinski definition) is 2. The highest BCUT2D eigenvalue weighted by Crippen LogP contribution is 2.06. The molecule has 0 saturated carbocycles. The molecule has 0 radical (unpaired) electrons. The van der Waals surface area contributed by atoms with Crippen molar-refractivity contribution in [2.24, 2.45) is 5.92 Å². The molecule has 0 aliphatic heterocycles. The van der Waals surface area contributed by atoms with Crippen LogP contribution in [0.2, 0.25) is 0 Å². The van der Waals surface area contributed by atoms with Gasteiger partial charge in [-0.1, -0.05) is 56.3 Å². The van der Waals surface area contributed by atoms with Crippen molar-refractivity contribution in [1.29, 1.82) is 0 Å². The van der Waals surface area contributed by atoms with Gasteiger partial charge in [-0.15, -0.1) is 0 Å². The Morgan fingerprint density at radius 3 is 2.23 bits per heavy atom.